The highest BCUT2D eigenvalue weighted by Crippen LogP contribution is 2.30. The average Bonchev–Trinajstić information content (AvgIpc) is 2.96. The van der Waals surface area contributed by atoms with Crippen molar-refractivity contribution >= 4 is 11.6 Å². The molecule has 4 nitrogen and oxygen atoms in total. The first-order chi connectivity index (χ1) is 10.1. The molecular weight excluding hydrogens is 262 g/mol. The Morgan fingerprint density at radius 3 is 2.71 bits per heavy atom. The molecule has 116 valence electrons. The van der Waals surface area contributed by atoms with Crippen LogP contribution in [0.5, 0.6) is 0 Å². The van der Waals surface area contributed by atoms with Gasteiger partial charge in [0.15, 0.2) is 0 Å². The molecule has 4 heteroatoms. The second kappa shape index (κ2) is 6.94. The van der Waals surface area contributed by atoms with E-state index < -0.39 is 0 Å². The zero-order valence-corrected chi connectivity index (χ0v) is 13.4. The first kappa shape index (κ1) is 15.8. The quantitative estimate of drug-likeness (QED) is 0.905. The summed E-state index contributed by atoms with van der Waals surface area (Å²) in [5.74, 6) is 0.581. The standard InChI is InChI=1S/C17H27N3O/c1-4-20(16-10-6-8-14(16)12-18)17(21)13-7-5-9-15(11-13)19(2)3/h5,7,9,11,14,16H,4,6,8,10,12,18H2,1-3H3. The third-order valence-corrected chi connectivity index (χ3v) is 4.53. The van der Waals surface area contributed by atoms with Gasteiger partial charge in [0.1, 0.15) is 0 Å². The number of hydrogen-bond donors (Lipinski definition) is 1. The Bertz CT molecular complexity index is 487. The fourth-order valence-electron chi connectivity index (χ4n) is 3.31. The number of hydrogen-bond acceptors (Lipinski definition) is 3. The summed E-state index contributed by atoms with van der Waals surface area (Å²) in [4.78, 5) is 16.9. The highest BCUT2D eigenvalue weighted by Gasteiger charge is 2.33. The minimum atomic E-state index is 0.131. The number of amides is 1. The summed E-state index contributed by atoms with van der Waals surface area (Å²) in [6.45, 7) is 3.47. The van der Waals surface area contributed by atoms with Gasteiger partial charge in [-0.2, -0.15) is 0 Å². The molecule has 2 rings (SSSR count). The van der Waals surface area contributed by atoms with Crippen LogP contribution in [-0.4, -0.2) is 44.0 Å². The molecular formula is C17H27N3O. The van der Waals surface area contributed by atoms with E-state index in [0.29, 0.717) is 18.5 Å². The number of benzene rings is 1. The predicted molar refractivity (Wildman–Crippen MR) is 87.7 cm³/mol. The summed E-state index contributed by atoms with van der Waals surface area (Å²) < 4.78 is 0. The molecule has 1 aromatic carbocycles. The van der Waals surface area contributed by atoms with Crippen molar-refractivity contribution in [3.8, 4) is 0 Å². The van der Waals surface area contributed by atoms with E-state index >= 15 is 0 Å². The summed E-state index contributed by atoms with van der Waals surface area (Å²) in [6, 6.07) is 8.15. The first-order valence-electron chi connectivity index (χ1n) is 7.86. The molecule has 2 unspecified atom stereocenters. The molecule has 0 spiro atoms. The second-order valence-corrected chi connectivity index (χ2v) is 6.03. The Morgan fingerprint density at radius 2 is 2.10 bits per heavy atom. The molecule has 0 aromatic heterocycles. The van der Waals surface area contributed by atoms with Crippen LogP contribution >= 0.6 is 0 Å². The van der Waals surface area contributed by atoms with Gasteiger partial charge in [0.2, 0.25) is 0 Å². The first-order valence-corrected chi connectivity index (χ1v) is 7.86. The van der Waals surface area contributed by atoms with E-state index in [-0.39, 0.29) is 5.91 Å². The minimum absolute atomic E-state index is 0.131. The van der Waals surface area contributed by atoms with Gasteiger partial charge in [-0.15, -0.1) is 0 Å². The lowest BCUT2D eigenvalue weighted by molar-refractivity contribution is 0.0652. The van der Waals surface area contributed by atoms with Crippen molar-refractivity contribution in [2.75, 3.05) is 32.1 Å². The highest BCUT2D eigenvalue weighted by molar-refractivity contribution is 5.95. The Labute approximate surface area is 127 Å². The van der Waals surface area contributed by atoms with Crippen LogP contribution in [0.2, 0.25) is 0 Å². The summed E-state index contributed by atoms with van der Waals surface area (Å²) in [7, 11) is 3.98. The summed E-state index contributed by atoms with van der Waals surface area (Å²) >= 11 is 0. The van der Waals surface area contributed by atoms with Crippen molar-refractivity contribution in [2.45, 2.75) is 32.2 Å². The number of nitrogens with zero attached hydrogens (tertiary/aromatic N) is 2. The van der Waals surface area contributed by atoms with E-state index in [9.17, 15) is 4.79 Å². The number of rotatable bonds is 5. The molecule has 1 saturated carbocycles. The molecule has 1 aliphatic carbocycles. The van der Waals surface area contributed by atoms with E-state index in [1.807, 2.05) is 48.2 Å². The normalized spacial score (nSPS) is 21.3. The van der Waals surface area contributed by atoms with Crippen molar-refractivity contribution in [1.82, 2.24) is 4.90 Å². The van der Waals surface area contributed by atoms with Gasteiger partial charge in [0, 0.05) is 37.9 Å². The summed E-state index contributed by atoms with van der Waals surface area (Å²) in [5.41, 5.74) is 7.70. The van der Waals surface area contributed by atoms with Gasteiger partial charge in [-0.05, 0) is 50.4 Å². The van der Waals surface area contributed by atoms with Crippen LogP contribution in [0.1, 0.15) is 36.5 Å². The average molecular weight is 289 g/mol. The Morgan fingerprint density at radius 1 is 1.33 bits per heavy atom. The summed E-state index contributed by atoms with van der Waals surface area (Å²) in [5, 5.41) is 0. The van der Waals surface area contributed by atoms with Crippen LogP contribution in [0.25, 0.3) is 0 Å². The van der Waals surface area contributed by atoms with Crippen LogP contribution in [0, 0.1) is 5.92 Å². The molecule has 1 amide bonds. The fourth-order valence-corrected chi connectivity index (χ4v) is 3.31. The number of carbonyl (C=O) groups is 1. The molecule has 2 atom stereocenters. The molecule has 0 saturated heterocycles. The van der Waals surface area contributed by atoms with Crippen LogP contribution in [-0.2, 0) is 0 Å². The van der Waals surface area contributed by atoms with Crippen molar-refractivity contribution in [3.63, 3.8) is 0 Å². The Kier molecular flexibility index (Phi) is 5.23. The van der Waals surface area contributed by atoms with Gasteiger partial charge in [0.25, 0.3) is 5.91 Å². The lowest BCUT2D eigenvalue weighted by Gasteiger charge is -2.32. The molecule has 0 heterocycles. The van der Waals surface area contributed by atoms with E-state index in [0.717, 1.165) is 30.6 Å². The largest absolute Gasteiger partial charge is 0.378 e. The molecule has 1 fully saturated rings. The van der Waals surface area contributed by atoms with Crippen molar-refractivity contribution < 1.29 is 4.79 Å². The monoisotopic (exact) mass is 289 g/mol. The Hall–Kier alpha value is -1.55. The van der Waals surface area contributed by atoms with Gasteiger partial charge in [-0.1, -0.05) is 12.5 Å². The van der Waals surface area contributed by atoms with E-state index in [1.54, 1.807) is 0 Å². The zero-order valence-electron chi connectivity index (χ0n) is 13.4. The molecule has 0 aliphatic heterocycles. The van der Waals surface area contributed by atoms with Gasteiger partial charge in [-0.25, -0.2) is 0 Å². The molecule has 1 aliphatic rings. The maximum atomic E-state index is 12.9. The maximum absolute atomic E-state index is 12.9. The number of carbonyl (C=O) groups excluding carboxylic acids is 1. The highest BCUT2D eigenvalue weighted by atomic mass is 16.2. The van der Waals surface area contributed by atoms with E-state index in [4.69, 9.17) is 5.73 Å². The van der Waals surface area contributed by atoms with Gasteiger partial charge >= 0.3 is 0 Å². The van der Waals surface area contributed by atoms with E-state index in [1.165, 1.54) is 6.42 Å². The van der Waals surface area contributed by atoms with Gasteiger partial charge in [0.05, 0.1) is 0 Å². The van der Waals surface area contributed by atoms with Crippen molar-refractivity contribution in [3.05, 3.63) is 29.8 Å². The molecule has 21 heavy (non-hydrogen) atoms. The zero-order chi connectivity index (χ0) is 15.4. The van der Waals surface area contributed by atoms with E-state index in [2.05, 4.69) is 6.92 Å². The smallest absolute Gasteiger partial charge is 0.254 e. The fraction of sp³-hybridized carbons (Fsp3) is 0.588. The van der Waals surface area contributed by atoms with Crippen molar-refractivity contribution in [2.24, 2.45) is 11.7 Å². The topological polar surface area (TPSA) is 49.6 Å². The van der Waals surface area contributed by atoms with Gasteiger partial charge in [-0.3, -0.25) is 4.79 Å². The third kappa shape index (κ3) is 3.38. The molecule has 0 radical (unpaired) electrons. The second-order valence-electron chi connectivity index (χ2n) is 6.03. The number of anilines is 1. The number of nitrogens with two attached hydrogens (primary N) is 1. The van der Waals surface area contributed by atoms with Gasteiger partial charge < -0.3 is 15.5 Å². The molecule has 2 N–H and O–H groups in total. The lowest BCUT2D eigenvalue weighted by Crippen LogP contribution is -2.44. The lowest BCUT2D eigenvalue weighted by atomic mass is 10.0. The van der Waals surface area contributed by atoms with Crippen LogP contribution in [0.4, 0.5) is 5.69 Å². The maximum Gasteiger partial charge on any atom is 0.254 e. The van der Waals surface area contributed by atoms with Crippen molar-refractivity contribution in [1.29, 1.82) is 0 Å². The summed E-state index contributed by atoms with van der Waals surface area (Å²) in [6.07, 6.45) is 3.39. The molecule has 1 aromatic rings. The van der Waals surface area contributed by atoms with Crippen LogP contribution in [0.3, 0.4) is 0 Å². The van der Waals surface area contributed by atoms with Crippen LogP contribution in [0.15, 0.2) is 24.3 Å². The predicted octanol–water partition coefficient (Wildman–Crippen LogP) is 2.34. The SMILES string of the molecule is CCN(C(=O)c1cccc(N(C)C)c1)C1CCCC1CN. The van der Waals surface area contributed by atoms with Crippen LogP contribution < -0.4 is 10.6 Å². The third-order valence-electron chi connectivity index (χ3n) is 4.53. The Balaban J connectivity index is 2.22. The minimum Gasteiger partial charge on any atom is -0.378 e. The molecule has 0 bridgehead atoms.